The van der Waals surface area contributed by atoms with Crippen LogP contribution in [0.5, 0.6) is 0 Å². The van der Waals surface area contributed by atoms with Gasteiger partial charge >= 0.3 is 0 Å². The third-order valence-corrected chi connectivity index (χ3v) is 5.73. The summed E-state index contributed by atoms with van der Waals surface area (Å²) in [6.45, 7) is 11.9. The predicted molar refractivity (Wildman–Crippen MR) is 84.5 cm³/mol. The molecular formula is C15H31NO3S. The van der Waals surface area contributed by atoms with Gasteiger partial charge in [0.1, 0.15) is 0 Å². The first-order valence-electron chi connectivity index (χ1n) is 7.34. The van der Waals surface area contributed by atoms with Gasteiger partial charge in [0, 0.05) is 13.0 Å². The number of rotatable bonds is 7. The standard InChI is InChI=1S/C15H31NO3S/c1-14(2,3)12-13(17)16-10-8-7-9-11-20(18,19)15(4,5)6/h7-12H2,1-6H3,(H,16,17). The Morgan fingerprint density at radius 2 is 1.50 bits per heavy atom. The van der Waals surface area contributed by atoms with Gasteiger partial charge in [-0.1, -0.05) is 27.2 Å². The van der Waals surface area contributed by atoms with Crippen LogP contribution in [0.4, 0.5) is 0 Å². The molecule has 1 amide bonds. The molecule has 120 valence electrons. The highest BCUT2D eigenvalue weighted by Crippen LogP contribution is 2.18. The Hall–Kier alpha value is -0.580. The van der Waals surface area contributed by atoms with Gasteiger partial charge in [0.05, 0.1) is 10.5 Å². The number of nitrogens with one attached hydrogen (secondary N) is 1. The summed E-state index contributed by atoms with van der Waals surface area (Å²) in [4.78, 5) is 11.6. The van der Waals surface area contributed by atoms with Crippen molar-refractivity contribution >= 4 is 15.7 Å². The molecular weight excluding hydrogens is 274 g/mol. The molecule has 0 rings (SSSR count). The van der Waals surface area contributed by atoms with Crippen molar-refractivity contribution < 1.29 is 13.2 Å². The Morgan fingerprint density at radius 3 is 1.95 bits per heavy atom. The zero-order chi connectivity index (χ0) is 16.0. The van der Waals surface area contributed by atoms with E-state index in [9.17, 15) is 13.2 Å². The molecule has 0 fully saturated rings. The molecule has 0 aromatic rings. The van der Waals surface area contributed by atoms with Gasteiger partial charge in [-0.2, -0.15) is 0 Å². The SMILES string of the molecule is CC(C)(C)CC(=O)NCCCCCS(=O)(=O)C(C)(C)C. The summed E-state index contributed by atoms with van der Waals surface area (Å²) in [5, 5.41) is 2.88. The Balaban J connectivity index is 3.77. The van der Waals surface area contributed by atoms with Crippen molar-refractivity contribution in [1.29, 1.82) is 0 Å². The fraction of sp³-hybridized carbons (Fsp3) is 0.933. The van der Waals surface area contributed by atoms with E-state index in [0.29, 0.717) is 19.4 Å². The highest BCUT2D eigenvalue weighted by atomic mass is 32.2. The lowest BCUT2D eigenvalue weighted by atomic mass is 9.92. The molecule has 1 N–H and O–H groups in total. The summed E-state index contributed by atoms with van der Waals surface area (Å²) in [6.07, 6.45) is 2.83. The maximum atomic E-state index is 11.9. The summed E-state index contributed by atoms with van der Waals surface area (Å²) in [5.41, 5.74) is 0.00483. The first kappa shape index (κ1) is 19.4. The number of carbonyl (C=O) groups is 1. The van der Waals surface area contributed by atoms with E-state index in [0.717, 1.165) is 12.8 Å². The monoisotopic (exact) mass is 305 g/mol. The number of hydrogen-bond acceptors (Lipinski definition) is 3. The number of sulfone groups is 1. The van der Waals surface area contributed by atoms with Crippen LogP contribution >= 0.6 is 0 Å². The highest BCUT2D eigenvalue weighted by Gasteiger charge is 2.27. The molecule has 5 heteroatoms. The van der Waals surface area contributed by atoms with Crippen molar-refractivity contribution in [2.75, 3.05) is 12.3 Å². The average molecular weight is 305 g/mol. The van der Waals surface area contributed by atoms with Crippen LogP contribution in [0.3, 0.4) is 0 Å². The second-order valence-electron chi connectivity index (χ2n) is 7.58. The highest BCUT2D eigenvalue weighted by molar-refractivity contribution is 7.92. The first-order valence-corrected chi connectivity index (χ1v) is 8.99. The molecule has 20 heavy (non-hydrogen) atoms. The molecule has 0 aromatic heterocycles. The van der Waals surface area contributed by atoms with Crippen LogP contribution in [0.2, 0.25) is 0 Å². The van der Waals surface area contributed by atoms with Gasteiger partial charge in [0.25, 0.3) is 0 Å². The third kappa shape index (κ3) is 8.56. The average Bonchev–Trinajstić information content (AvgIpc) is 2.18. The van der Waals surface area contributed by atoms with Gasteiger partial charge in [0.2, 0.25) is 5.91 Å². The van der Waals surface area contributed by atoms with Gasteiger partial charge in [-0.25, -0.2) is 8.42 Å². The van der Waals surface area contributed by atoms with Gasteiger partial charge in [-0.05, 0) is 39.0 Å². The van der Waals surface area contributed by atoms with E-state index in [1.165, 1.54) is 0 Å². The van der Waals surface area contributed by atoms with Crippen molar-refractivity contribution in [1.82, 2.24) is 5.32 Å². The van der Waals surface area contributed by atoms with Gasteiger partial charge < -0.3 is 5.32 Å². The lowest BCUT2D eigenvalue weighted by Crippen LogP contribution is -2.30. The van der Waals surface area contributed by atoms with Crippen LogP contribution in [-0.2, 0) is 14.6 Å². The summed E-state index contributed by atoms with van der Waals surface area (Å²) < 4.78 is 23.1. The zero-order valence-corrected chi connectivity index (χ0v) is 14.7. The largest absolute Gasteiger partial charge is 0.356 e. The molecule has 0 radical (unpaired) electrons. The van der Waals surface area contributed by atoms with E-state index in [2.05, 4.69) is 5.32 Å². The molecule has 4 nitrogen and oxygen atoms in total. The minimum Gasteiger partial charge on any atom is -0.356 e. The molecule has 0 saturated carbocycles. The first-order chi connectivity index (χ1) is 8.85. The molecule has 0 aliphatic heterocycles. The third-order valence-electron chi connectivity index (χ3n) is 3.04. The van der Waals surface area contributed by atoms with Gasteiger partial charge in [0.15, 0.2) is 9.84 Å². The maximum absolute atomic E-state index is 11.9. The van der Waals surface area contributed by atoms with Crippen molar-refractivity contribution in [2.24, 2.45) is 5.41 Å². The molecule has 0 atom stereocenters. The summed E-state index contributed by atoms with van der Waals surface area (Å²) in [7, 11) is -3.01. The lowest BCUT2D eigenvalue weighted by Gasteiger charge is -2.19. The smallest absolute Gasteiger partial charge is 0.220 e. The minimum absolute atomic E-state index is 0.00483. The topological polar surface area (TPSA) is 63.2 Å². The lowest BCUT2D eigenvalue weighted by molar-refractivity contribution is -0.122. The number of amides is 1. The predicted octanol–water partition coefficient (Wildman–Crippen LogP) is 2.92. The zero-order valence-electron chi connectivity index (χ0n) is 13.9. The Labute approximate surface area is 124 Å². The van der Waals surface area contributed by atoms with E-state index in [1.807, 2.05) is 20.8 Å². The number of unbranched alkanes of at least 4 members (excludes halogenated alkanes) is 2. The van der Waals surface area contributed by atoms with Crippen molar-refractivity contribution in [3.05, 3.63) is 0 Å². The van der Waals surface area contributed by atoms with Gasteiger partial charge in [-0.15, -0.1) is 0 Å². The molecule has 0 bridgehead atoms. The number of carbonyl (C=O) groups excluding carboxylic acids is 1. The van der Waals surface area contributed by atoms with Crippen molar-refractivity contribution in [3.8, 4) is 0 Å². The minimum atomic E-state index is -3.01. The van der Waals surface area contributed by atoms with Crippen LogP contribution in [0.1, 0.15) is 67.2 Å². The second kappa shape index (κ2) is 7.43. The molecule has 0 saturated heterocycles. The Bertz CT molecular complexity index is 400. The fourth-order valence-electron chi connectivity index (χ4n) is 1.67. The molecule has 0 spiro atoms. The summed E-state index contributed by atoms with van der Waals surface area (Å²) in [5.74, 6) is 0.298. The molecule has 0 aliphatic rings. The normalized spacial score (nSPS) is 13.3. The molecule has 0 aliphatic carbocycles. The van der Waals surface area contributed by atoms with E-state index in [4.69, 9.17) is 0 Å². The molecule has 0 unspecified atom stereocenters. The Kier molecular flexibility index (Phi) is 7.22. The Morgan fingerprint density at radius 1 is 0.950 bits per heavy atom. The summed E-state index contributed by atoms with van der Waals surface area (Å²) >= 11 is 0. The van der Waals surface area contributed by atoms with E-state index in [1.54, 1.807) is 20.8 Å². The molecule has 0 heterocycles. The van der Waals surface area contributed by atoms with Crippen LogP contribution in [0, 0.1) is 5.41 Å². The van der Waals surface area contributed by atoms with Crippen LogP contribution in [0.25, 0.3) is 0 Å². The van der Waals surface area contributed by atoms with Gasteiger partial charge in [-0.3, -0.25) is 4.79 Å². The molecule has 0 aromatic carbocycles. The van der Waals surface area contributed by atoms with Crippen LogP contribution < -0.4 is 5.32 Å². The van der Waals surface area contributed by atoms with Crippen molar-refractivity contribution in [2.45, 2.75) is 72.0 Å². The fourth-order valence-corrected chi connectivity index (χ4v) is 2.87. The van der Waals surface area contributed by atoms with Crippen LogP contribution in [0.15, 0.2) is 0 Å². The van der Waals surface area contributed by atoms with Crippen LogP contribution in [-0.4, -0.2) is 31.4 Å². The maximum Gasteiger partial charge on any atom is 0.220 e. The van der Waals surface area contributed by atoms with E-state index >= 15 is 0 Å². The number of hydrogen-bond donors (Lipinski definition) is 1. The van der Waals surface area contributed by atoms with E-state index in [-0.39, 0.29) is 17.1 Å². The summed E-state index contributed by atoms with van der Waals surface area (Å²) in [6, 6.07) is 0. The van der Waals surface area contributed by atoms with E-state index < -0.39 is 14.6 Å². The quantitative estimate of drug-likeness (QED) is 0.736. The second-order valence-corrected chi connectivity index (χ2v) is 10.4. The van der Waals surface area contributed by atoms with Crippen molar-refractivity contribution in [3.63, 3.8) is 0 Å².